The van der Waals surface area contributed by atoms with Crippen LogP contribution in [0.3, 0.4) is 0 Å². The number of nitrogens with one attached hydrogen (secondary N) is 1. The summed E-state index contributed by atoms with van der Waals surface area (Å²) in [5, 5.41) is 22.4. The number of phenolic OH excluding ortho intramolecular Hbond substituents is 1. The molecule has 0 bridgehead atoms. The van der Waals surface area contributed by atoms with E-state index in [0.717, 1.165) is 19.5 Å². The molecule has 0 radical (unpaired) electrons. The lowest BCUT2D eigenvalue weighted by Gasteiger charge is -2.18. The second-order valence-electron chi connectivity index (χ2n) is 6.97. The quantitative estimate of drug-likeness (QED) is 0.625. The molecule has 3 heterocycles. The van der Waals surface area contributed by atoms with Gasteiger partial charge in [0.15, 0.2) is 0 Å². The number of rotatable bonds is 5. The Hall–Kier alpha value is -2.42. The summed E-state index contributed by atoms with van der Waals surface area (Å²) in [6.45, 7) is 6.07. The van der Waals surface area contributed by atoms with Crippen molar-refractivity contribution >= 4 is 30.8 Å². The number of hydrogen-bond acceptors (Lipinski definition) is 8. The number of aromatic hydroxyl groups is 1. The fourth-order valence-corrected chi connectivity index (χ4v) is 3.33. The van der Waals surface area contributed by atoms with Gasteiger partial charge in [-0.3, -0.25) is 0 Å². The average Bonchev–Trinajstić information content (AvgIpc) is 3.33. The number of aromatic nitrogens is 4. The molecule has 1 atom stereocenters. The Morgan fingerprint density at radius 1 is 1.21 bits per heavy atom. The van der Waals surface area contributed by atoms with Crippen molar-refractivity contribution in [3.63, 3.8) is 0 Å². The summed E-state index contributed by atoms with van der Waals surface area (Å²) in [5.74, 6) is 1.15. The van der Waals surface area contributed by atoms with Gasteiger partial charge in [0, 0.05) is 36.3 Å². The molecule has 0 spiro atoms. The summed E-state index contributed by atoms with van der Waals surface area (Å²) in [6.07, 6.45) is 5.76. The zero-order valence-corrected chi connectivity index (χ0v) is 17.8. The van der Waals surface area contributed by atoms with Crippen molar-refractivity contribution in [1.29, 1.82) is 0 Å². The van der Waals surface area contributed by atoms with Crippen LogP contribution >= 0.6 is 24.8 Å². The molecule has 0 amide bonds. The van der Waals surface area contributed by atoms with E-state index in [2.05, 4.69) is 44.2 Å². The van der Waals surface area contributed by atoms with Crippen LogP contribution in [0.15, 0.2) is 41.3 Å². The van der Waals surface area contributed by atoms with Crippen LogP contribution in [0.2, 0.25) is 0 Å². The molecule has 2 N–H and O–H groups in total. The number of phenols is 1. The van der Waals surface area contributed by atoms with Crippen molar-refractivity contribution in [1.82, 2.24) is 25.5 Å². The van der Waals surface area contributed by atoms with Gasteiger partial charge in [-0.05, 0) is 24.6 Å². The Labute approximate surface area is 181 Å². The maximum absolute atomic E-state index is 10.4. The summed E-state index contributed by atoms with van der Waals surface area (Å²) in [6, 6.07) is 6.08. The van der Waals surface area contributed by atoms with Crippen LogP contribution in [0, 0.1) is 0 Å². The number of nitrogens with zero attached hydrogens (tertiary/aromatic N) is 5. The van der Waals surface area contributed by atoms with Gasteiger partial charge in [-0.25, -0.2) is 9.97 Å². The lowest BCUT2D eigenvalue weighted by Crippen LogP contribution is -2.37. The molecule has 29 heavy (non-hydrogen) atoms. The van der Waals surface area contributed by atoms with E-state index < -0.39 is 0 Å². The van der Waals surface area contributed by atoms with Crippen LogP contribution in [0.1, 0.15) is 20.3 Å². The summed E-state index contributed by atoms with van der Waals surface area (Å²) < 4.78 is 5.25. The minimum Gasteiger partial charge on any atom is -0.507 e. The number of anilines is 1. The zero-order chi connectivity index (χ0) is 18.8. The number of benzene rings is 1. The summed E-state index contributed by atoms with van der Waals surface area (Å²) in [4.78, 5) is 10.7. The third kappa shape index (κ3) is 5.14. The summed E-state index contributed by atoms with van der Waals surface area (Å²) >= 11 is 0. The highest BCUT2D eigenvalue weighted by molar-refractivity contribution is 5.85. The first-order valence-corrected chi connectivity index (χ1v) is 9.04. The predicted octanol–water partition coefficient (Wildman–Crippen LogP) is 3.32. The predicted molar refractivity (Wildman–Crippen MR) is 116 cm³/mol. The largest absolute Gasteiger partial charge is 0.507 e. The number of oxazole rings is 1. The number of halogens is 2. The van der Waals surface area contributed by atoms with Gasteiger partial charge in [0.2, 0.25) is 11.8 Å². The molecule has 3 aromatic rings. The zero-order valence-electron chi connectivity index (χ0n) is 16.1. The summed E-state index contributed by atoms with van der Waals surface area (Å²) in [5.41, 5.74) is 1.78. The Morgan fingerprint density at radius 3 is 2.66 bits per heavy atom. The standard InChI is InChI=1S/C19H22N6O2.2ClH/c1-12(2)22-14-5-7-25(11-14)19-21-10-16(23-24-19)15-4-3-13(9-17(15)26)18-20-6-8-27-18;;/h3-4,6,8-10,12,14,22,26H,5,7,11H2,1-2H3;2*1H. The van der Waals surface area contributed by atoms with Gasteiger partial charge < -0.3 is 19.7 Å². The normalized spacial score (nSPS) is 15.8. The first kappa shape index (κ1) is 22.9. The molecule has 1 fully saturated rings. The van der Waals surface area contributed by atoms with Crippen molar-refractivity contribution < 1.29 is 9.52 Å². The van der Waals surface area contributed by atoms with E-state index >= 15 is 0 Å². The molecule has 156 valence electrons. The molecule has 1 aromatic carbocycles. The fraction of sp³-hybridized carbons (Fsp3) is 0.368. The van der Waals surface area contributed by atoms with Gasteiger partial charge in [0.1, 0.15) is 17.7 Å². The van der Waals surface area contributed by atoms with Gasteiger partial charge in [0.25, 0.3) is 0 Å². The molecule has 10 heteroatoms. The lowest BCUT2D eigenvalue weighted by molar-refractivity contribution is 0.476. The van der Waals surface area contributed by atoms with Crippen LogP contribution in [-0.2, 0) is 0 Å². The molecule has 2 aromatic heterocycles. The maximum atomic E-state index is 10.4. The highest BCUT2D eigenvalue weighted by Crippen LogP contribution is 2.31. The molecule has 8 nitrogen and oxygen atoms in total. The van der Waals surface area contributed by atoms with Gasteiger partial charge >= 0.3 is 0 Å². The van der Waals surface area contributed by atoms with E-state index in [1.54, 1.807) is 24.5 Å². The van der Waals surface area contributed by atoms with Crippen molar-refractivity contribution in [3.8, 4) is 28.5 Å². The lowest BCUT2D eigenvalue weighted by atomic mass is 10.1. The molecule has 1 saturated heterocycles. The smallest absolute Gasteiger partial charge is 0.245 e. The van der Waals surface area contributed by atoms with Crippen LogP contribution in [0.5, 0.6) is 5.75 Å². The third-order valence-electron chi connectivity index (χ3n) is 4.54. The van der Waals surface area contributed by atoms with Crippen molar-refractivity contribution in [3.05, 3.63) is 36.9 Å². The van der Waals surface area contributed by atoms with Crippen molar-refractivity contribution in [2.24, 2.45) is 0 Å². The molecule has 0 saturated carbocycles. The maximum Gasteiger partial charge on any atom is 0.245 e. The highest BCUT2D eigenvalue weighted by Gasteiger charge is 2.25. The van der Waals surface area contributed by atoms with Gasteiger partial charge in [-0.2, -0.15) is 0 Å². The van der Waals surface area contributed by atoms with E-state index in [1.807, 2.05) is 6.07 Å². The third-order valence-corrected chi connectivity index (χ3v) is 4.54. The molecule has 0 aliphatic carbocycles. The van der Waals surface area contributed by atoms with Crippen molar-refractivity contribution in [2.45, 2.75) is 32.4 Å². The Balaban J connectivity index is 0.00000150. The minimum atomic E-state index is 0. The van der Waals surface area contributed by atoms with Gasteiger partial charge in [0.05, 0.1) is 12.4 Å². The Kier molecular flexibility index (Phi) is 7.78. The van der Waals surface area contributed by atoms with Crippen LogP contribution < -0.4 is 10.2 Å². The van der Waals surface area contributed by atoms with Crippen LogP contribution in [-0.4, -0.2) is 50.4 Å². The highest BCUT2D eigenvalue weighted by atomic mass is 35.5. The SMILES string of the molecule is CC(C)NC1CCN(c2ncc(-c3ccc(-c4ncco4)cc3O)nn2)C1.Cl.Cl. The first-order valence-electron chi connectivity index (χ1n) is 9.04. The van der Waals surface area contributed by atoms with Gasteiger partial charge in [-0.15, -0.1) is 35.0 Å². The molecule has 1 unspecified atom stereocenters. The molecule has 4 rings (SSSR count). The second kappa shape index (κ2) is 9.87. The van der Waals surface area contributed by atoms with Gasteiger partial charge in [-0.1, -0.05) is 13.8 Å². The van der Waals surface area contributed by atoms with Crippen LogP contribution in [0.4, 0.5) is 5.95 Å². The van der Waals surface area contributed by atoms with E-state index in [0.29, 0.717) is 40.7 Å². The first-order chi connectivity index (χ1) is 13.1. The molecule has 1 aliphatic rings. The number of hydrogen-bond donors (Lipinski definition) is 2. The monoisotopic (exact) mass is 438 g/mol. The molecular formula is C19H24Cl2N6O2. The molecule has 1 aliphatic heterocycles. The second-order valence-corrected chi connectivity index (χ2v) is 6.97. The Bertz CT molecular complexity index is 906. The fourth-order valence-electron chi connectivity index (χ4n) is 3.33. The van der Waals surface area contributed by atoms with E-state index in [1.165, 1.54) is 6.26 Å². The van der Waals surface area contributed by atoms with E-state index in [-0.39, 0.29) is 30.6 Å². The van der Waals surface area contributed by atoms with Crippen LogP contribution in [0.25, 0.3) is 22.7 Å². The van der Waals surface area contributed by atoms with E-state index in [4.69, 9.17) is 4.42 Å². The van der Waals surface area contributed by atoms with E-state index in [9.17, 15) is 5.11 Å². The topological polar surface area (TPSA) is 100 Å². The average molecular weight is 439 g/mol. The molecular weight excluding hydrogens is 415 g/mol. The summed E-state index contributed by atoms with van der Waals surface area (Å²) in [7, 11) is 0. The minimum absolute atomic E-state index is 0. The van der Waals surface area contributed by atoms with Crippen molar-refractivity contribution in [2.75, 3.05) is 18.0 Å². The Morgan fingerprint density at radius 2 is 2.03 bits per heavy atom.